The topological polar surface area (TPSA) is 54.4 Å². The minimum atomic E-state index is -4.03. The van der Waals surface area contributed by atoms with E-state index in [9.17, 15) is 8.42 Å². The van der Waals surface area contributed by atoms with Crippen LogP contribution in [0, 0.1) is 6.92 Å². The fraction of sp³-hybridized carbons (Fsp3) is 0.579. The van der Waals surface area contributed by atoms with Crippen LogP contribution in [0.1, 0.15) is 70.3 Å². The second kappa shape index (κ2) is 13.3. The molecule has 1 aromatic carbocycles. The van der Waals surface area contributed by atoms with Crippen molar-refractivity contribution in [3.8, 4) is 0 Å². The third kappa shape index (κ3) is 12.0. The highest BCUT2D eigenvalue weighted by atomic mass is 32.2. The third-order valence-corrected chi connectivity index (χ3v) is 4.65. The van der Waals surface area contributed by atoms with E-state index in [2.05, 4.69) is 13.5 Å². The van der Waals surface area contributed by atoms with Crippen molar-refractivity contribution in [3.63, 3.8) is 0 Å². The molecule has 1 N–H and O–H groups in total. The van der Waals surface area contributed by atoms with Crippen LogP contribution in [-0.2, 0) is 10.1 Å². The Bertz CT molecular complexity index is 521. The van der Waals surface area contributed by atoms with Crippen molar-refractivity contribution < 1.29 is 13.0 Å². The zero-order chi connectivity index (χ0) is 17.6. The van der Waals surface area contributed by atoms with Crippen LogP contribution in [-0.4, -0.2) is 13.0 Å². The standard InChI is InChI=1S/C12H24.C7H8O3S/c1-3-5-7-9-11-12-10-8-6-4-2;1-6-4-2-3-5-7(6)11(8,9)10/h3H,1,4-12H2,2H3;2-5H,1H3,(H,8,9,10). The Kier molecular flexibility index (Phi) is 12.7. The van der Waals surface area contributed by atoms with Gasteiger partial charge >= 0.3 is 0 Å². The molecule has 0 aliphatic heterocycles. The fourth-order valence-corrected chi connectivity index (χ4v) is 2.99. The molecule has 132 valence electrons. The van der Waals surface area contributed by atoms with E-state index in [1.807, 2.05) is 6.08 Å². The molecule has 0 radical (unpaired) electrons. The van der Waals surface area contributed by atoms with Gasteiger partial charge in [0.2, 0.25) is 0 Å². The Morgan fingerprint density at radius 1 is 1.00 bits per heavy atom. The SMILES string of the molecule is C=CCCCCCCCCCC.Cc1ccccc1S(=O)(=O)O. The highest BCUT2D eigenvalue weighted by Gasteiger charge is 2.10. The lowest BCUT2D eigenvalue weighted by Gasteiger charge is -1.99. The van der Waals surface area contributed by atoms with Gasteiger partial charge in [-0.15, -0.1) is 6.58 Å². The maximum Gasteiger partial charge on any atom is 0.294 e. The van der Waals surface area contributed by atoms with E-state index >= 15 is 0 Å². The molecule has 0 aliphatic carbocycles. The Balaban J connectivity index is 0.000000422. The number of aryl methyl sites for hydroxylation is 1. The summed E-state index contributed by atoms with van der Waals surface area (Å²) in [6.45, 7) is 7.62. The Morgan fingerprint density at radius 2 is 1.52 bits per heavy atom. The van der Waals surface area contributed by atoms with Gasteiger partial charge in [0.25, 0.3) is 10.1 Å². The first kappa shape index (κ1) is 21.9. The summed E-state index contributed by atoms with van der Waals surface area (Å²) in [5.41, 5.74) is 0.551. The Morgan fingerprint density at radius 3 is 1.96 bits per heavy atom. The predicted molar refractivity (Wildman–Crippen MR) is 98.4 cm³/mol. The summed E-state index contributed by atoms with van der Waals surface area (Å²) in [4.78, 5) is -0.0278. The number of allylic oxidation sites excluding steroid dienone is 1. The Labute approximate surface area is 142 Å². The molecule has 4 heteroatoms. The molecule has 0 atom stereocenters. The van der Waals surface area contributed by atoms with Crippen LogP contribution in [0.5, 0.6) is 0 Å². The van der Waals surface area contributed by atoms with E-state index in [4.69, 9.17) is 4.55 Å². The molecule has 0 bridgehead atoms. The molecule has 0 amide bonds. The summed E-state index contributed by atoms with van der Waals surface area (Å²) >= 11 is 0. The summed E-state index contributed by atoms with van der Waals surface area (Å²) in [5.74, 6) is 0. The van der Waals surface area contributed by atoms with Crippen LogP contribution in [0.3, 0.4) is 0 Å². The average Bonchev–Trinajstić information content (AvgIpc) is 2.50. The van der Waals surface area contributed by atoms with Crippen molar-refractivity contribution in [1.82, 2.24) is 0 Å². The van der Waals surface area contributed by atoms with E-state index in [-0.39, 0.29) is 4.90 Å². The van der Waals surface area contributed by atoms with Crippen molar-refractivity contribution in [2.75, 3.05) is 0 Å². The minimum absolute atomic E-state index is 0.0278. The second-order valence-corrected chi connectivity index (χ2v) is 7.18. The first-order valence-corrected chi connectivity index (χ1v) is 10.0. The largest absolute Gasteiger partial charge is 0.294 e. The summed E-state index contributed by atoms with van der Waals surface area (Å²) < 4.78 is 29.9. The number of rotatable bonds is 10. The number of benzene rings is 1. The van der Waals surface area contributed by atoms with Gasteiger partial charge in [-0.05, 0) is 31.4 Å². The van der Waals surface area contributed by atoms with Crippen LogP contribution in [0.25, 0.3) is 0 Å². The zero-order valence-electron chi connectivity index (χ0n) is 14.6. The molecule has 0 fully saturated rings. The van der Waals surface area contributed by atoms with Crippen molar-refractivity contribution in [1.29, 1.82) is 0 Å². The summed E-state index contributed by atoms with van der Waals surface area (Å²) in [7, 11) is -4.03. The first-order chi connectivity index (χ1) is 10.9. The van der Waals surface area contributed by atoms with Crippen molar-refractivity contribution >= 4 is 10.1 Å². The molecule has 23 heavy (non-hydrogen) atoms. The molecule has 0 aromatic heterocycles. The van der Waals surface area contributed by atoms with Crippen LogP contribution < -0.4 is 0 Å². The summed E-state index contributed by atoms with van der Waals surface area (Å²) in [6.07, 6.45) is 14.5. The lowest BCUT2D eigenvalue weighted by Crippen LogP contribution is -1.99. The number of unbranched alkanes of at least 4 members (excludes halogenated alkanes) is 8. The second-order valence-electron chi connectivity index (χ2n) is 5.79. The van der Waals surface area contributed by atoms with Gasteiger partial charge in [0, 0.05) is 0 Å². The van der Waals surface area contributed by atoms with E-state index in [1.165, 1.54) is 63.9 Å². The zero-order valence-corrected chi connectivity index (χ0v) is 15.4. The quantitative estimate of drug-likeness (QED) is 0.325. The van der Waals surface area contributed by atoms with Gasteiger partial charge < -0.3 is 0 Å². The maximum absolute atomic E-state index is 10.6. The molecule has 0 heterocycles. The van der Waals surface area contributed by atoms with Gasteiger partial charge in [-0.1, -0.05) is 76.1 Å². The van der Waals surface area contributed by atoms with Gasteiger partial charge in [-0.3, -0.25) is 4.55 Å². The molecule has 0 saturated heterocycles. The molecule has 0 unspecified atom stereocenters. The van der Waals surface area contributed by atoms with E-state index in [1.54, 1.807) is 25.1 Å². The first-order valence-electron chi connectivity index (χ1n) is 8.57. The van der Waals surface area contributed by atoms with Crippen LogP contribution >= 0.6 is 0 Å². The molecule has 1 rings (SSSR count). The molecule has 0 saturated carbocycles. The van der Waals surface area contributed by atoms with Gasteiger partial charge in [0.05, 0.1) is 4.90 Å². The van der Waals surface area contributed by atoms with Crippen molar-refractivity contribution in [2.24, 2.45) is 0 Å². The monoisotopic (exact) mass is 340 g/mol. The molecule has 0 aliphatic rings. The highest BCUT2D eigenvalue weighted by molar-refractivity contribution is 7.85. The van der Waals surface area contributed by atoms with Gasteiger partial charge in [0.15, 0.2) is 0 Å². The smallest absolute Gasteiger partial charge is 0.282 e. The number of hydrogen-bond acceptors (Lipinski definition) is 2. The van der Waals surface area contributed by atoms with Crippen LogP contribution in [0.2, 0.25) is 0 Å². The van der Waals surface area contributed by atoms with E-state index in [0.29, 0.717) is 5.56 Å². The minimum Gasteiger partial charge on any atom is -0.282 e. The molecular weight excluding hydrogens is 308 g/mol. The van der Waals surface area contributed by atoms with Gasteiger partial charge in [-0.2, -0.15) is 8.42 Å². The van der Waals surface area contributed by atoms with Crippen molar-refractivity contribution in [2.45, 2.75) is 76.5 Å². The van der Waals surface area contributed by atoms with E-state index < -0.39 is 10.1 Å². The van der Waals surface area contributed by atoms with Crippen LogP contribution in [0.15, 0.2) is 41.8 Å². The molecule has 3 nitrogen and oxygen atoms in total. The number of hydrogen-bond donors (Lipinski definition) is 1. The lowest BCUT2D eigenvalue weighted by molar-refractivity contribution is 0.482. The Hall–Kier alpha value is -1.13. The molecule has 0 spiro atoms. The molecular formula is C19H32O3S. The normalized spacial score (nSPS) is 10.7. The predicted octanol–water partition coefficient (Wildman–Crippen LogP) is 5.94. The van der Waals surface area contributed by atoms with Crippen molar-refractivity contribution in [3.05, 3.63) is 42.5 Å². The average molecular weight is 341 g/mol. The summed E-state index contributed by atoms with van der Waals surface area (Å²) in [5, 5.41) is 0. The van der Waals surface area contributed by atoms with Gasteiger partial charge in [0.1, 0.15) is 0 Å². The van der Waals surface area contributed by atoms with E-state index in [0.717, 1.165) is 0 Å². The third-order valence-electron chi connectivity index (χ3n) is 3.63. The van der Waals surface area contributed by atoms with Gasteiger partial charge in [-0.25, -0.2) is 0 Å². The summed E-state index contributed by atoms with van der Waals surface area (Å²) in [6, 6.07) is 6.27. The maximum atomic E-state index is 10.6. The fourth-order valence-electron chi connectivity index (χ4n) is 2.27. The van der Waals surface area contributed by atoms with Crippen LogP contribution in [0.4, 0.5) is 0 Å². The lowest BCUT2D eigenvalue weighted by atomic mass is 10.1. The highest BCUT2D eigenvalue weighted by Crippen LogP contribution is 2.12. The molecule has 1 aromatic rings.